The fraction of sp³-hybridized carbons (Fsp3) is 0.706. The number of hydrogen-bond donors (Lipinski definition) is 1. The van der Waals surface area contributed by atoms with Crippen LogP contribution in [0.25, 0.3) is 0 Å². The summed E-state index contributed by atoms with van der Waals surface area (Å²) in [6, 6.07) is 4.41. The van der Waals surface area contributed by atoms with Gasteiger partial charge in [0.05, 0.1) is 5.69 Å². The van der Waals surface area contributed by atoms with E-state index in [1.54, 1.807) is 0 Å². The highest BCUT2D eigenvalue weighted by Gasteiger charge is 2.19. The molecule has 1 aromatic heterocycles. The van der Waals surface area contributed by atoms with Crippen molar-refractivity contribution in [2.75, 3.05) is 24.5 Å². The molecule has 1 aromatic rings. The largest absolute Gasteiger partial charge is 0.371 e. The minimum atomic E-state index is 0.816. The molecule has 0 amide bonds. The third-order valence-corrected chi connectivity index (χ3v) is 4.44. The Morgan fingerprint density at radius 1 is 1.35 bits per heavy atom. The molecule has 1 aliphatic heterocycles. The van der Waals surface area contributed by atoms with E-state index in [-0.39, 0.29) is 0 Å². The molecule has 0 radical (unpaired) electrons. The van der Waals surface area contributed by atoms with Crippen molar-refractivity contribution < 1.29 is 0 Å². The van der Waals surface area contributed by atoms with Crippen LogP contribution in [-0.2, 0) is 6.54 Å². The summed E-state index contributed by atoms with van der Waals surface area (Å²) in [5.74, 6) is 1.71. The zero-order chi connectivity index (χ0) is 14.4. The van der Waals surface area contributed by atoms with E-state index in [0.717, 1.165) is 30.6 Å². The summed E-state index contributed by atoms with van der Waals surface area (Å²) in [5.41, 5.74) is 2.49. The Morgan fingerprint density at radius 2 is 2.20 bits per heavy atom. The van der Waals surface area contributed by atoms with Gasteiger partial charge in [-0.3, -0.25) is 4.98 Å². The molecule has 3 nitrogen and oxygen atoms in total. The predicted octanol–water partition coefficient (Wildman–Crippen LogP) is 3.45. The zero-order valence-corrected chi connectivity index (χ0v) is 13.2. The Balaban J connectivity index is 2.00. The van der Waals surface area contributed by atoms with E-state index in [0.29, 0.717) is 0 Å². The molecule has 1 saturated heterocycles. The quantitative estimate of drug-likeness (QED) is 0.892. The third-order valence-electron chi connectivity index (χ3n) is 4.44. The van der Waals surface area contributed by atoms with Gasteiger partial charge in [0.25, 0.3) is 0 Å². The number of pyridine rings is 1. The normalized spacial score (nSPS) is 20.2. The number of hydrogen-bond acceptors (Lipinski definition) is 3. The summed E-state index contributed by atoms with van der Waals surface area (Å²) in [6.45, 7) is 11.1. The van der Waals surface area contributed by atoms with Gasteiger partial charge in [0, 0.05) is 31.5 Å². The summed E-state index contributed by atoms with van der Waals surface area (Å²) in [4.78, 5) is 6.99. The fourth-order valence-corrected chi connectivity index (χ4v) is 3.06. The molecule has 1 atom stereocenters. The van der Waals surface area contributed by atoms with Crippen molar-refractivity contribution in [1.82, 2.24) is 10.3 Å². The van der Waals surface area contributed by atoms with Crippen molar-refractivity contribution in [3.05, 3.63) is 24.0 Å². The second-order valence-electron chi connectivity index (χ2n) is 6.21. The maximum absolute atomic E-state index is 4.45. The van der Waals surface area contributed by atoms with Gasteiger partial charge in [-0.2, -0.15) is 0 Å². The van der Waals surface area contributed by atoms with E-state index >= 15 is 0 Å². The molecule has 1 unspecified atom stereocenters. The molecule has 112 valence electrons. The lowest BCUT2D eigenvalue weighted by molar-refractivity contribution is 0.351. The van der Waals surface area contributed by atoms with Crippen LogP contribution in [0.2, 0.25) is 0 Å². The van der Waals surface area contributed by atoms with Crippen molar-refractivity contribution in [3.8, 4) is 0 Å². The van der Waals surface area contributed by atoms with Crippen LogP contribution in [-0.4, -0.2) is 24.6 Å². The second kappa shape index (κ2) is 7.63. The van der Waals surface area contributed by atoms with Crippen molar-refractivity contribution in [2.45, 2.75) is 46.6 Å². The SMILES string of the molecule is CCNCc1cc(N2CCCC(C(C)C)CC2)ccn1. The van der Waals surface area contributed by atoms with Gasteiger partial charge in [0.1, 0.15) is 0 Å². The Kier molecular flexibility index (Phi) is 5.84. The monoisotopic (exact) mass is 275 g/mol. The van der Waals surface area contributed by atoms with E-state index < -0.39 is 0 Å². The van der Waals surface area contributed by atoms with Crippen molar-refractivity contribution >= 4 is 5.69 Å². The van der Waals surface area contributed by atoms with Crippen LogP contribution in [0.4, 0.5) is 5.69 Å². The first-order valence-electron chi connectivity index (χ1n) is 8.11. The molecule has 0 aromatic carbocycles. The molecule has 2 rings (SSSR count). The summed E-state index contributed by atoms with van der Waals surface area (Å²) in [6.07, 6.45) is 5.96. The maximum Gasteiger partial charge on any atom is 0.0562 e. The first kappa shape index (κ1) is 15.3. The fourth-order valence-electron chi connectivity index (χ4n) is 3.06. The van der Waals surface area contributed by atoms with Gasteiger partial charge in [-0.25, -0.2) is 0 Å². The highest BCUT2D eigenvalue weighted by atomic mass is 15.1. The van der Waals surface area contributed by atoms with Gasteiger partial charge in [-0.15, -0.1) is 0 Å². The molecular formula is C17H29N3. The molecule has 0 aliphatic carbocycles. The molecule has 1 fully saturated rings. The van der Waals surface area contributed by atoms with E-state index in [1.165, 1.54) is 38.0 Å². The number of nitrogens with one attached hydrogen (secondary N) is 1. The van der Waals surface area contributed by atoms with E-state index in [9.17, 15) is 0 Å². The van der Waals surface area contributed by atoms with Crippen LogP contribution < -0.4 is 10.2 Å². The van der Waals surface area contributed by atoms with Gasteiger partial charge < -0.3 is 10.2 Å². The lowest BCUT2D eigenvalue weighted by atomic mass is 9.89. The molecule has 0 bridgehead atoms. The molecule has 1 aliphatic rings. The van der Waals surface area contributed by atoms with Gasteiger partial charge in [-0.1, -0.05) is 20.8 Å². The maximum atomic E-state index is 4.45. The lowest BCUT2D eigenvalue weighted by Crippen LogP contribution is -2.25. The summed E-state index contributed by atoms with van der Waals surface area (Å²) in [7, 11) is 0. The van der Waals surface area contributed by atoms with Gasteiger partial charge in [-0.05, 0) is 49.8 Å². The minimum absolute atomic E-state index is 0.816. The van der Waals surface area contributed by atoms with Crippen molar-refractivity contribution in [3.63, 3.8) is 0 Å². The number of rotatable bonds is 5. The standard InChI is InChI=1S/C17H29N3/c1-4-18-13-16-12-17(7-9-19-16)20-10-5-6-15(8-11-20)14(2)3/h7,9,12,14-15,18H,4-6,8,10-11,13H2,1-3H3. The Bertz CT molecular complexity index is 403. The number of anilines is 1. The Morgan fingerprint density at radius 3 is 2.95 bits per heavy atom. The van der Waals surface area contributed by atoms with Gasteiger partial charge >= 0.3 is 0 Å². The molecular weight excluding hydrogens is 246 g/mol. The molecule has 2 heterocycles. The van der Waals surface area contributed by atoms with Crippen LogP contribution in [0, 0.1) is 11.8 Å². The van der Waals surface area contributed by atoms with E-state index in [2.05, 4.69) is 48.1 Å². The first-order chi connectivity index (χ1) is 9.70. The smallest absolute Gasteiger partial charge is 0.0562 e. The Labute approximate surface area is 123 Å². The average molecular weight is 275 g/mol. The van der Waals surface area contributed by atoms with Crippen LogP contribution >= 0.6 is 0 Å². The minimum Gasteiger partial charge on any atom is -0.371 e. The van der Waals surface area contributed by atoms with Crippen LogP contribution in [0.15, 0.2) is 18.3 Å². The van der Waals surface area contributed by atoms with E-state index in [1.807, 2.05) is 6.20 Å². The van der Waals surface area contributed by atoms with Gasteiger partial charge in [0.15, 0.2) is 0 Å². The lowest BCUT2D eigenvalue weighted by Gasteiger charge is -2.24. The van der Waals surface area contributed by atoms with Crippen LogP contribution in [0.5, 0.6) is 0 Å². The summed E-state index contributed by atoms with van der Waals surface area (Å²) >= 11 is 0. The molecule has 1 N–H and O–H groups in total. The molecule has 0 saturated carbocycles. The molecule has 20 heavy (non-hydrogen) atoms. The topological polar surface area (TPSA) is 28.2 Å². The Hall–Kier alpha value is -1.09. The average Bonchev–Trinajstić information content (AvgIpc) is 2.71. The summed E-state index contributed by atoms with van der Waals surface area (Å²) < 4.78 is 0. The number of aromatic nitrogens is 1. The van der Waals surface area contributed by atoms with Crippen LogP contribution in [0.3, 0.4) is 0 Å². The molecule has 0 spiro atoms. The van der Waals surface area contributed by atoms with E-state index in [4.69, 9.17) is 0 Å². The first-order valence-corrected chi connectivity index (χ1v) is 8.11. The second-order valence-corrected chi connectivity index (χ2v) is 6.21. The highest BCUT2D eigenvalue weighted by Crippen LogP contribution is 2.27. The van der Waals surface area contributed by atoms with Crippen molar-refractivity contribution in [1.29, 1.82) is 0 Å². The third kappa shape index (κ3) is 4.20. The summed E-state index contributed by atoms with van der Waals surface area (Å²) in [5, 5.41) is 3.35. The highest BCUT2D eigenvalue weighted by molar-refractivity contribution is 5.46. The number of nitrogens with zero attached hydrogens (tertiary/aromatic N) is 2. The predicted molar refractivity (Wildman–Crippen MR) is 86.0 cm³/mol. The molecule has 3 heteroatoms. The van der Waals surface area contributed by atoms with Gasteiger partial charge in [0.2, 0.25) is 0 Å². The zero-order valence-electron chi connectivity index (χ0n) is 13.2. The van der Waals surface area contributed by atoms with Crippen LogP contribution in [0.1, 0.15) is 45.7 Å². The van der Waals surface area contributed by atoms with Crippen molar-refractivity contribution in [2.24, 2.45) is 11.8 Å².